The van der Waals surface area contributed by atoms with Crippen LogP contribution in [0.3, 0.4) is 0 Å². The maximum absolute atomic E-state index is 6.67. The molecule has 0 spiro atoms. The van der Waals surface area contributed by atoms with Crippen molar-refractivity contribution in [2.24, 2.45) is 17.8 Å². The second kappa shape index (κ2) is 6.27. The molecule has 0 N–H and O–H groups in total. The molecule has 0 aromatic carbocycles. The lowest BCUT2D eigenvalue weighted by Gasteiger charge is -2.52. The molecular weight excluding hydrogens is 252 g/mol. The van der Waals surface area contributed by atoms with Crippen LogP contribution in [-0.4, -0.2) is 20.8 Å². The van der Waals surface area contributed by atoms with Gasteiger partial charge in [0.25, 0.3) is 0 Å². The molecular formula is C16H34O2Si. The van der Waals surface area contributed by atoms with Gasteiger partial charge in [0.2, 0.25) is 0 Å². The average molecular weight is 287 g/mol. The Labute approximate surface area is 121 Å². The number of rotatable bonds is 4. The van der Waals surface area contributed by atoms with E-state index in [-0.39, 0.29) is 0 Å². The van der Waals surface area contributed by atoms with E-state index in [9.17, 15) is 0 Å². The van der Waals surface area contributed by atoms with Gasteiger partial charge in [0, 0.05) is 5.92 Å². The lowest BCUT2D eigenvalue weighted by Crippen LogP contribution is -2.62. The van der Waals surface area contributed by atoms with E-state index in [0.717, 1.165) is 0 Å². The third-order valence-electron chi connectivity index (χ3n) is 4.60. The zero-order chi connectivity index (χ0) is 15.0. The molecule has 0 amide bonds. The van der Waals surface area contributed by atoms with Crippen molar-refractivity contribution in [1.29, 1.82) is 0 Å². The molecule has 2 nitrogen and oxygen atoms in total. The predicted molar refractivity (Wildman–Crippen MR) is 84.5 cm³/mol. The Morgan fingerprint density at radius 3 is 1.21 bits per heavy atom. The van der Waals surface area contributed by atoms with Crippen molar-refractivity contribution in [3.05, 3.63) is 0 Å². The molecule has 1 aliphatic rings. The SMILES string of the molecule is CC(C)[C@H]1O[Si](C(C)C)(C(C)C)O[C@@H](C(C)C)C1C. The molecule has 0 aromatic rings. The van der Waals surface area contributed by atoms with Crippen molar-refractivity contribution in [3.8, 4) is 0 Å². The van der Waals surface area contributed by atoms with Gasteiger partial charge < -0.3 is 8.85 Å². The van der Waals surface area contributed by atoms with Crippen molar-refractivity contribution in [3.63, 3.8) is 0 Å². The first kappa shape index (κ1) is 17.2. The summed E-state index contributed by atoms with van der Waals surface area (Å²) in [5.41, 5.74) is 1.00. The second-order valence-corrected chi connectivity index (χ2v) is 11.8. The van der Waals surface area contributed by atoms with Crippen molar-refractivity contribution in [2.75, 3.05) is 0 Å². The molecule has 0 aromatic heterocycles. The van der Waals surface area contributed by atoms with Crippen LogP contribution in [-0.2, 0) is 8.85 Å². The van der Waals surface area contributed by atoms with Crippen molar-refractivity contribution in [1.82, 2.24) is 0 Å². The predicted octanol–water partition coefficient (Wildman–Crippen LogP) is 4.98. The molecule has 114 valence electrons. The highest BCUT2D eigenvalue weighted by molar-refractivity contribution is 6.70. The molecule has 0 radical (unpaired) electrons. The minimum atomic E-state index is -2.13. The van der Waals surface area contributed by atoms with E-state index in [2.05, 4.69) is 62.3 Å². The van der Waals surface area contributed by atoms with E-state index in [0.29, 0.717) is 41.0 Å². The summed E-state index contributed by atoms with van der Waals surface area (Å²) in [5, 5.41) is 0. The van der Waals surface area contributed by atoms with Gasteiger partial charge in [-0.1, -0.05) is 62.3 Å². The first-order valence-electron chi connectivity index (χ1n) is 7.99. The van der Waals surface area contributed by atoms with Gasteiger partial charge in [0.1, 0.15) is 0 Å². The third kappa shape index (κ3) is 3.25. The molecule has 1 saturated heterocycles. The maximum Gasteiger partial charge on any atom is 0.343 e. The standard InChI is InChI=1S/C16H34O2Si/c1-10(2)15-14(9)16(11(3)4)18-19(17-15,12(5)6)13(7)8/h10-16H,1-9H3/t14?,15-,16+. The van der Waals surface area contributed by atoms with Crippen LogP contribution < -0.4 is 0 Å². The smallest absolute Gasteiger partial charge is 0.343 e. The summed E-state index contributed by atoms with van der Waals surface area (Å²) in [5.74, 6) is 1.60. The summed E-state index contributed by atoms with van der Waals surface area (Å²) in [6, 6.07) is 0. The molecule has 0 aliphatic carbocycles. The summed E-state index contributed by atoms with van der Waals surface area (Å²) >= 11 is 0. The summed E-state index contributed by atoms with van der Waals surface area (Å²) in [6.45, 7) is 20.5. The summed E-state index contributed by atoms with van der Waals surface area (Å²) < 4.78 is 13.3. The molecule has 1 aliphatic heterocycles. The van der Waals surface area contributed by atoms with Gasteiger partial charge in [-0.05, 0) is 22.9 Å². The largest absolute Gasteiger partial charge is 0.390 e. The van der Waals surface area contributed by atoms with E-state index in [4.69, 9.17) is 8.85 Å². The lowest BCUT2D eigenvalue weighted by atomic mass is 9.85. The van der Waals surface area contributed by atoms with Gasteiger partial charge in [-0.3, -0.25) is 0 Å². The highest BCUT2D eigenvalue weighted by atomic mass is 28.4. The minimum Gasteiger partial charge on any atom is -0.390 e. The van der Waals surface area contributed by atoms with Crippen LogP contribution in [0.4, 0.5) is 0 Å². The van der Waals surface area contributed by atoms with Gasteiger partial charge in [0.05, 0.1) is 12.2 Å². The Morgan fingerprint density at radius 1 is 0.684 bits per heavy atom. The van der Waals surface area contributed by atoms with Gasteiger partial charge >= 0.3 is 8.56 Å². The third-order valence-corrected chi connectivity index (χ3v) is 9.10. The lowest BCUT2D eigenvalue weighted by molar-refractivity contribution is -0.0879. The molecule has 1 unspecified atom stereocenters. The Bertz CT molecular complexity index is 258. The first-order valence-corrected chi connectivity index (χ1v) is 9.96. The maximum atomic E-state index is 6.67. The number of hydrogen-bond donors (Lipinski definition) is 0. The van der Waals surface area contributed by atoms with E-state index in [1.807, 2.05) is 0 Å². The van der Waals surface area contributed by atoms with E-state index in [1.165, 1.54) is 0 Å². The molecule has 3 atom stereocenters. The zero-order valence-electron chi connectivity index (χ0n) is 14.4. The fourth-order valence-corrected chi connectivity index (χ4v) is 7.85. The Kier molecular flexibility index (Phi) is 5.68. The van der Waals surface area contributed by atoms with Crippen LogP contribution in [0.2, 0.25) is 11.1 Å². The second-order valence-electron chi connectivity index (χ2n) is 7.54. The van der Waals surface area contributed by atoms with E-state index in [1.54, 1.807) is 0 Å². The normalized spacial score (nSPS) is 31.7. The molecule has 0 bridgehead atoms. The fraction of sp³-hybridized carbons (Fsp3) is 1.00. The Balaban J connectivity index is 3.14. The highest BCUT2D eigenvalue weighted by Crippen LogP contribution is 2.45. The van der Waals surface area contributed by atoms with Gasteiger partial charge in [-0.25, -0.2) is 0 Å². The van der Waals surface area contributed by atoms with E-state index >= 15 is 0 Å². The zero-order valence-corrected chi connectivity index (χ0v) is 15.4. The molecule has 0 saturated carbocycles. The van der Waals surface area contributed by atoms with Crippen LogP contribution >= 0.6 is 0 Å². The Hall–Kier alpha value is 0.137. The number of hydrogen-bond acceptors (Lipinski definition) is 2. The van der Waals surface area contributed by atoms with Crippen LogP contribution in [0, 0.1) is 17.8 Å². The highest BCUT2D eigenvalue weighted by Gasteiger charge is 2.54. The first-order chi connectivity index (χ1) is 8.63. The minimum absolute atomic E-state index is 0.345. The average Bonchev–Trinajstić information content (AvgIpc) is 2.27. The molecule has 19 heavy (non-hydrogen) atoms. The van der Waals surface area contributed by atoms with Gasteiger partial charge in [-0.2, -0.15) is 0 Å². The monoisotopic (exact) mass is 286 g/mol. The molecule has 1 fully saturated rings. The van der Waals surface area contributed by atoms with Crippen LogP contribution in [0.25, 0.3) is 0 Å². The summed E-state index contributed by atoms with van der Waals surface area (Å²) in [7, 11) is -2.13. The molecule has 3 heteroatoms. The summed E-state index contributed by atoms with van der Waals surface area (Å²) in [6.07, 6.45) is 0.690. The topological polar surface area (TPSA) is 18.5 Å². The van der Waals surface area contributed by atoms with Crippen LogP contribution in [0.1, 0.15) is 62.3 Å². The van der Waals surface area contributed by atoms with Gasteiger partial charge in [0.15, 0.2) is 0 Å². The van der Waals surface area contributed by atoms with Crippen LogP contribution in [0.15, 0.2) is 0 Å². The van der Waals surface area contributed by atoms with Crippen LogP contribution in [0.5, 0.6) is 0 Å². The van der Waals surface area contributed by atoms with Crippen molar-refractivity contribution >= 4 is 8.56 Å². The van der Waals surface area contributed by atoms with Crippen molar-refractivity contribution in [2.45, 2.75) is 85.6 Å². The fourth-order valence-electron chi connectivity index (χ4n) is 3.55. The van der Waals surface area contributed by atoms with Crippen molar-refractivity contribution < 1.29 is 8.85 Å². The molecule has 1 rings (SSSR count). The van der Waals surface area contributed by atoms with Gasteiger partial charge in [-0.15, -0.1) is 0 Å². The Morgan fingerprint density at radius 2 is 1.00 bits per heavy atom. The molecule has 1 heterocycles. The summed E-state index contributed by atoms with van der Waals surface area (Å²) in [4.78, 5) is 0. The quantitative estimate of drug-likeness (QED) is 0.679. The van der Waals surface area contributed by atoms with E-state index < -0.39 is 8.56 Å².